The molecular formula is C19H21FN3O+. The fourth-order valence-electron chi connectivity index (χ4n) is 2.60. The number of nitrogens with two attached hydrogens (primary N) is 1. The van der Waals surface area contributed by atoms with Crippen LogP contribution in [0, 0.1) is 23.1 Å². The summed E-state index contributed by atoms with van der Waals surface area (Å²) in [5, 5.41) is 13.7. The van der Waals surface area contributed by atoms with Crippen molar-refractivity contribution in [1.82, 2.24) is 0 Å². The maximum Gasteiger partial charge on any atom is 0.279 e. The van der Waals surface area contributed by atoms with E-state index in [4.69, 9.17) is 5.26 Å². The molecule has 2 rings (SSSR count). The summed E-state index contributed by atoms with van der Waals surface area (Å²) >= 11 is 0. The van der Waals surface area contributed by atoms with Crippen LogP contribution in [-0.2, 0) is 4.79 Å². The van der Waals surface area contributed by atoms with E-state index in [0.717, 1.165) is 5.56 Å². The van der Waals surface area contributed by atoms with E-state index in [1.807, 2.05) is 5.32 Å². The van der Waals surface area contributed by atoms with Crippen molar-refractivity contribution in [3.8, 4) is 6.07 Å². The second-order valence-electron chi connectivity index (χ2n) is 5.97. The molecule has 0 radical (unpaired) electrons. The van der Waals surface area contributed by atoms with E-state index in [9.17, 15) is 9.18 Å². The first kappa shape index (κ1) is 17.6. The van der Waals surface area contributed by atoms with Crippen molar-refractivity contribution in [2.45, 2.75) is 19.9 Å². The lowest BCUT2D eigenvalue weighted by Crippen LogP contribution is -2.88. The minimum Gasteiger partial charge on any atom is -0.332 e. The van der Waals surface area contributed by atoms with Crippen LogP contribution in [-0.4, -0.2) is 12.5 Å². The topological polar surface area (TPSA) is 69.5 Å². The van der Waals surface area contributed by atoms with Crippen molar-refractivity contribution in [1.29, 1.82) is 5.26 Å². The molecule has 24 heavy (non-hydrogen) atoms. The van der Waals surface area contributed by atoms with Crippen LogP contribution in [0.25, 0.3) is 0 Å². The number of quaternary nitrogens is 1. The van der Waals surface area contributed by atoms with Crippen LogP contribution >= 0.6 is 0 Å². The van der Waals surface area contributed by atoms with Crippen LogP contribution < -0.4 is 10.6 Å². The van der Waals surface area contributed by atoms with Gasteiger partial charge in [0.1, 0.15) is 17.9 Å². The third-order valence-corrected chi connectivity index (χ3v) is 3.85. The Labute approximate surface area is 141 Å². The first-order valence-electron chi connectivity index (χ1n) is 7.89. The first-order chi connectivity index (χ1) is 11.5. The van der Waals surface area contributed by atoms with Crippen LogP contribution in [0.2, 0.25) is 0 Å². The van der Waals surface area contributed by atoms with Gasteiger partial charge in [0.05, 0.1) is 11.3 Å². The summed E-state index contributed by atoms with van der Waals surface area (Å²) in [5.74, 6) is -0.160. The molecule has 2 aromatic rings. The molecule has 1 atom stereocenters. The number of amides is 1. The lowest BCUT2D eigenvalue weighted by atomic mass is 9.96. The van der Waals surface area contributed by atoms with E-state index < -0.39 is 0 Å². The van der Waals surface area contributed by atoms with Gasteiger partial charge in [-0.3, -0.25) is 4.79 Å². The van der Waals surface area contributed by atoms with Crippen molar-refractivity contribution in [3.05, 3.63) is 65.5 Å². The Morgan fingerprint density at radius 2 is 1.88 bits per heavy atom. The molecular weight excluding hydrogens is 305 g/mol. The van der Waals surface area contributed by atoms with Gasteiger partial charge in [-0.1, -0.05) is 38.1 Å². The Kier molecular flexibility index (Phi) is 6.05. The van der Waals surface area contributed by atoms with E-state index in [-0.39, 0.29) is 30.2 Å². The number of hydrogen-bond acceptors (Lipinski definition) is 2. The standard InChI is InChI=1S/C19H20FN3O/c1-13(2)19(14-7-9-16(20)10-8-14)22-12-18(24)23-17-6-4-3-5-15(17)11-21/h3-10,13,19,22H,12H2,1-2H3,(H,23,24)/p+1/t19-/m0/s1. The highest BCUT2D eigenvalue weighted by molar-refractivity contribution is 5.92. The van der Waals surface area contributed by atoms with Gasteiger partial charge < -0.3 is 10.6 Å². The molecule has 0 aliphatic carbocycles. The van der Waals surface area contributed by atoms with Crippen LogP contribution in [0.1, 0.15) is 31.0 Å². The average molecular weight is 326 g/mol. The van der Waals surface area contributed by atoms with E-state index in [0.29, 0.717) is 11.3 Å². The zero-order valence-electron chi connectivity index (χ0n) is 13.8. The van der Waals surface area contributed by atoms with Gasteiger partial charge in [-0.25, -0.2) is 4.39 Å². The Morgan fingerprint density at radius 1 is 1.21 bits per heavy atom. The fraction of sp³-hybridized carbons (Fsp3) is 0.263. The number of benzene rings is 2. The molecule has 0 aliphatic heterocycles. The highest BCUT2D eigenvalue weighted by Gasteiger charge is 2.20. The van der Waals surface area contributed by atoms with E-state index in [1.165, 1.54) is 12.1 Å². The highest BCUT2D eigenvalue weighted by atomic mass is 19.1. The molecule has 3 N–H and O–H groups in total. The molecule has 0 spiro atoms. The van der Waals surface area contributed by atoms with Crippen LogP contribution in [0.3, 0.4) is 0 Å². The second-order valence-corrected chi connectivity index (χ2v) is 5.97. The number of anilines is 1. The number of nitriles is 1. The third kappa shape index (κ3) is 4.64. The lowest BCUT2D eigenvalue weighted by molar-refractivity contribution is -0.692. The predicted octanol–water partition coefficient (Wildman–Crippen LogP) is 2.60. The van der Waals surface area contributed by atoms with E-state index >= 15 is 0 Å². The van der Waals surface area contributed by atoms with Gasteiger partial charge in [0.2, 0.25) is 0 Å². The predicted molar refractivity (Wildman–Crippen MR) is 90.6 cm³/mol. The van der Waals surface area contributed by atoms with Gasteiger partial charge in [-0.2, -0.15) is 5.26 Å². The summed E-state index contributed by atoms with van der Waals surface area (Å²) in [4.78, 5) is 12.2. The Bertz CT molecular complexity index is 735. The van der Waals surface area contributed by atoms with Gasteiger partial charge in [0.15, 0.2) is 6.54 Å². The summed E-state index contributed by atoms with van der Waals surface area (Å²) in [6, 6.07) is 15.4. The molecule has 0 saturated heterocycles. The molecule has 0 saturated carbocycles. The lowest BCUT2D eigenvalue weighted by Gasteiger charge is -2.19. The molecule has 0 heterocycles. The maximum atomic E-state index is 13.1. The molecule has 0 unspecified atom stereocenters. The number of nitrogens with zero attached hydrogens (tertiary/aromatic N) is 1. The molecule has 4 nitrogen and oxygen atoms in total. The number of carbonyl (C=O) groups is 1. The SMILES string of the molecule is CC(C)[C@H]([NH2+]CC(=O)Nc1ccccc1C#N)c1ccc(F)cc1. The van der Waals surface area contributed by atoms with Crippen molar-refractivity contribution in [3.63, 3.8) is 0 Å². The summed E-state index contributed by atoms with van der Waals surface area (Å²) in [7, 11) is 0. The first-order valence-corrected chi connectivity index (χ1v) is 7.89. The number of halogens is 1. The molecule has 2 aromatic carbocycles. The Balaban J connectivity index is 2.00. The third-order valence-electron chi connectivity index (χ3n) is 3.85. The van der Waals surface area contributed by atoms with Gasteiger partial charge in [0.25, 0.3) is 5.91 Å². The summed E-state index contributed by atoms with van der Waals surface area (Å²) in [6.45, 7) is 4.35. The monoisotopic (exact) mass is 326 g/mol. The summed E-state index contributed by atoms with van der Waals surface area (Å²) in [5.41, 5.74) is 1.93. The zero-order chi connectivity index (χ0) is 17.5. The largest absolute Gasteiger partial charge is 0.332 e. The smallest absolute Gasteiger partial charge is 0.279 e. The average Bonchev–Trinajstić information content (AvgIpc) is 2.57. The number of nitrogens with one attached hydrogen (secondary N) is 1. The van der Waals surface area contributed by atoms with Crippen molar-refractivity contribution >= 4 is 11.6 Å². The molecule has 0 fully saturated rings. The maximum absolute atomic E-state index is 13.1. The molecule has 0 aromatic heterocycles. The molecule has 124 valence electrons. The molecule has 0 aliphatic rings. The minimum absolute atomic E-state index is 0.0579. The Hall–Kier alpha value is -2.71. The number of carbonyl (C=O) groups excluding carboxylic acids is 1. The number of para-hydroxylation sites is 1. The number of hydrogen-bond donors (Lipinski definition) is 2. The van der Waals surface area contributed by atoms with Crippen LogP contribution in [0.5, 0.6) is 0 Å². The summed E-state index contributed by atoms with van der Waals surface area (Å²) < 4.78 is 13.1. The minimum atomic E-state index is -0.271. The van der Waals surface area contributed by atoms with Gasteiger partial charge in [-0.05, 0) is 24.3 Å². The quantitative estimate of drug-likeness (QED) is 0.856. The van der Waals surface area contributed by atoms with E-state index in [2.05, 4.69) is 25.2 Å². The van der Waals surface area contributed by atoms with E-state index in [1.54, 1.807) is 36.4 Å². The fourth-order valence-corrected chi connectivity index (χ4v) is 2.60. The Morgan fingerprint density at radius 3 is 2.50 bits per heavy atom. The second kappa shape index (κ2) is 8.23. The van der Waals surface area contributed by atoms with Gasteiger partial charge >= 0.3 is 0 Å². The van der Waals surface area contributed by atoms with Crippen molar-refractivity contribution in [2.75, 3.05) is 11.9 Å². The van der Waals surface area contributed by atoms with Crippen LogP contribution in [0.4, 0.5) is 10.1 Å². The summed E-state index contributed by atoms with van der Waals surface area (Å²) in [6.07, 6.45) is 0. The van der Waals surface area contributed by atoms with Gasteiger partial charge in [0, 0.05) is 11.5 Å². The number of rotatable bonds is 6. The molecule has 1 amide bonds. The van der Waals surface area contributed by atoms with Crippen LogP contribution in [0.15, 0.2) is 48.5 Å². The van der Waals surface area contributed by atoms with Crippen molar-refractivity contribution in [2.24, 2.45) is 5.92 Å². The highest BCUT2D eigenvalue weighted by Crippen LogP contribution is 2.18. The van der Waals surface area contributed by atoms with Crippen molar-refractivity contribution < 1.29 is 14.5 Å². The van der Waals surface area contributed by atoms with Gasteiger partial charge in [-0.15, -0.1) is 0 Å². The normalized spacial score (nSPS) is 11.8. The zero-order valence-corrected chi connectivity index (χ0v) is 13.8. The molecule has 5 heteroatoms. The molecule has 0 bridgehead atoms.